The Morgan fingerprint density at radius 3 is 2.90 bits per heavy atom. The minimum atomic E-state index is -3.60. The summed E-state index contributed by atoms with van der Waals surface area (Å²) in [7, 11) is -1.86. The Morgan fingerprint density at radius 2 is 2.25 bits per heavy atom. The number of nitrogens with zero attached hydrogens (tertiary/aromatic N) is 4. The molecule has 0 aliphatic rings. The molecule has 0 amide bonds. The second kappa shape index (κ2) is 6.11. The number of H-pyrrole nitrogens is 1. The van der Waals surface area contributed by atoms with Crippen LogP contribution in [0, 0.1) is 6.92 Å². The van der Waals surface area contributed by atoms with E-state index in [1.807, 2.05) is 0 Å². The van der Waals surface area contributed by atoms with Crippen LogP contribution in [-0.4, -0.2) is 47.2 Å². The summed E-state index contributed by atoms with van der Waals surface area (Å²) in [5.74, 6) is 0. The zero-order valence-electron chi connectivity index (χ0n) is 11.3. The van der Waals surface area contributed by atoms with E-state index in [0.29, 0.717) is 24.5 Å². The standard InChI is InChI=1S/C10H17N7O2S/c1-8-10(9(7-11-2)15-14-8)20(18,19)13-4-6-17-5-3-12-16-17/h3,5,11,13H,4,6-7H2,1-2H3,(H,14,15). The molecule has 0 saturated heterocycles. The van der Waals surface area contributed by atoms with E-state index >= 15 is 0 Å². The molecule has 0 saturated carbocycles. The van der Waals surface area contributed by atoms with E-state index in [9.17, 15) is 8.42 Å². The van der Waals surface area contributed by atoms with Crippen molar-refractivity contribution in [3.05, 3.63) is 23.8 Å². The lowest BCUT2D eigenvalue weighted by Crippen LogP contribution is -2.29. The first-order chi connectivity index (χ1) is 9.54. The van der Waals surface area contributed by atoms with Crippen LogP contribution in [0.4, 0.5) is 0 Å². The van der Waals surface area contributed by atoms with Crippen LogP contribution < -0.4 is 10.0 Å². The Labute approximate surface area is 116 Å². The van der Waals surface area contributed by atoms with Crippen LogP contribution in [0.2, 0.25) is 0 Å². The van der Waals surface area contributed by atoms with Gasteiger partial charge in [0.1, 0.15) is 4.90 Å². The van der Waals surface area contributed by atoms with Crippen molar-refractivity contribution in [2.45, 2.75) is 24.9 Å². The van der Waals surface area contributed by atoms with Crippen molar-refractivity contribution in [3.63, 3.8) is 0 Å². The zero-order chi connectivity index (χ0) is 14.6. The number of hydrogen-bond acceptors (Lipinski definition) is 6. The van der Waals surface area contributed by atoms with Crippen molar-refractivity contribution >= 4 is 10.0 Å². The molecule has 10 heteroatoms. The third kappa shape index (κ3) is 3.21. The second-order valence-corrected chi connectivity index (χ2v) is 5.92. The van der Waals surface area contributed by atoms with Crippen molar-refractivity contribution in [3.8, 4) is 0 Å². The first-order valence-corrected chi connectivity index (χ1v) is 7.55. The molecule has 110 valence electrons. The Bertz CT molecular complexity index is 647. The fourth-order valence-electron chi connectivity index (χ4n) is 1.83. The van der Waals surface area contributed by atoms with Crippen molar-refractivity contribution in [1.82, 2.24) is 35.2 Å². The molecule has 2 rings (SSSR count). The van der Waals surface area contributed by atoms with Gasteiger partial charge in [-0.25, -0.2) is 13.1 Å². The van der Waals surface area contributed by atoms with E-state index in [4.69, 9.17) is 0 Å². The predicted octanol–water partition coefficient (Wildman–Crippen LogP) is -0.992. The fourth-order valence-corrected chi connectivity index (χ4v) is 3.21. The van der Waals surface area contributed by atoms with Crippen molar-refractivity contribution in [2.24, 2.45) is 0 Å². The van der Waals surface area contributed by atoms with E-state index in [1.165, 1.54) is 0 Å². The van der Waals surface area contributed by atoms with Crippen LogP contribution in [0.5, 0.6) is 0 Å². The molecule has 20 heavy (non-hydrogen) atoms. The van der Waals surface area contributed by atoms with Gasteiger partial charge in [0.15, 0.2) is 0 Å². The number of nitrogens with one attached hydrogen (secondary N) is 3. The third-order valence-electron chi connectivity index (χ3n) is 2.68. The van der Waals surface area contributed by atoms with Gasteiger partial charge in [-0.1, -0.05) is 5.21 Å². The lowest BCUT2D eigenvalue weighted by atomic mass is 10.4. The number of aryl methyl sites for hydroxylation is 1. The molecule has 0 unspecified atom stereocenters. The molecule has 0 atom stereocenters. The van der Waals surface area contributed by atoms with E-state index in [-0.39, 0.29) is 11.4 Å². The van der Waals surface area contributed by atoms with Crippen LogP contribution >= 0.6 is 0 Å². The smallest absolute Gasteiger partial charge is 0.244 e. The fraction of sp³-hybridized carbons (Fsp3) is 0.500. The molecule has 0 aromatic carbocycles. The van der Waals surface area contributed by atoms with Gasteiger partial charge in [0, 0.05) is 19.3 Å². The van der Waals surface area contributed by atoms with Crippen molar-refractivity contribution < 1.29 is 8.42 Å². The summed E-state index contributed by atoms with van der Waals surface area (Å²) in [5, 5.41) is 17.0. The highest BCUT2D eigenvalue weighted by atomic mass is 32.2. The van der Waals surface area contributed by atoms with Crippen molar-refractivity contribution in [1.29, 1.82) is 0 Å². The average molecular weight is 299 g/mol. The van der Waals surface area contributed by atoms with Gasteiger partial charge in [0.05, 0.1) is 24.1 Å². The maximum atomic E-state index is 12.3. The minimum Gasteiger partial charge on any atom is -0.314 e. The third-order valence-corrected chi connectivity index (χ3v) is 4.34. The molecule has 3 N–H and O–H groups in total. The van der Waals surface area contributed by atoms with Crippen LogP contribution in [-0.2, 0) is 23.1 Å². The van der Waals surface area contributed by atoms with Gasteiger partial charge in [0.2, 0.25) is 10.0 Å². The molecule has 0 spiro atoms. The maximum absolute atomic E-state index is 12.3. The summed E-state index contributed by atoms with van der Waals surface area (Å²) in [6.07, 6.45) is 3.21. The maximum Gasteiger partial charge on any atom is 0.244 e. The van der Waals surface area contributed by atoms with Crippen LogP contribution in [0.25, 0.3) is 0 Å². The number of rotatable bonds is 7. The van der Waals surface area contributed by atoms with Gasteiger partial charge in [-0.2, -0.15) is 5.10 Å². The highest BCUT2D eigenvalue weighted by molar-refractivity contribution is 7.89. The molecular weight excluding hydrogens is 282 g/mol. The molecule has 0 radical (unpaired) electrons. The number of sulfonamides is 1. The van der Waals surface area contributed by atoms with Gasteiger partial charge in [-0.05, 0) is 14.0 Å². The topological polar surface area (TPSA) is 118 Å². The number of aromatic amines is 1. The van der Waals surface area contributed by atoms with Crippen LogP contribution in [0.15, 0.2) is 17.3 Å². The molecule has 0 fully saturated rings. The zero-order valence-corrected chi connectivity index (χ0v) is 12.1. The summed E-state index contributed by atoms with van der Waals surface area (Å²) < 4.78 is 28.7. The molecule has 2 aromatic rings. The molecule has 0 aliphatic carbocycles. The summed E-state index contributed by atoms with van der Waals surface area (Å²) >= 11 is 0. The summed E-state index contributed by atoms with van der Waals surface area (Å²) in [5.41, 5.74) is 0.988. The quantitative estimate of drug-likeness (QED) is 0.604. The molecule has 0 aliphatic heterocycles. The Hall–Kier alpha value is -1.78. The first kappa shape index (κ1) is 14.6. The Balaban J connectivity index is 2.08. The Morgan fingerprint density at radius 1 is 1.45 bits per heavy atom. The minimum absolute atomic E-state index is 0.199. The lowest BCUT2D eigenvalue weighted by Gasteiger charge is -2.07. The lowest BCUT2D eigenvalue weighted by molar-refractivity contribution is 0.551. The van der Waals surface area contributed by atoms with E-state index < -0.39 is 10.0 Å². The molecule has 2 heterocycles. The van der Waals surface area contributed by atoms with Gasteiger partial charge in [-0.3, -0.25) is 9.78 Å². The SMILES string of the molecule is CNCc1n[nH]c(C)c1S(=O)(=O)NCCn1ccnn1. The highest BCUT2D eigenvalue weighted by Gasteiger charge is 2.23. The van der Waals surface area contributed by atoms with Gasteiger partial charge in [-0.15, -0.1) is 5.10 Å². The van der Waals surface area contributed by atoms with Gasteiger partial charge in [0.25, 0.3) is 0 Å². The summed E-state index contributed by atoms with van der Waals surface area (Å²) in [6, 6.07) is 0. The van der Waals surface area contributed by atoms with Gasteiger partial charge < -0.3 is 5.32 Å². The predicted molar refractivity (Wildman–Crippen MR) is 71.3 cm³/mol. The normalized spacial score (nSPS) is 11.9. The second-order valence-electron chi connectivity index (χ2n) is 4.22. The first-order valence-electron chi connectivity index (χ1n) is 6.07. The highest BCUT2D eigenvalue weighted by Crippen LogP contribution is 2.16. The molecule has 2 aromatic heterocycles. The summed E-state index contributed by atoms with van der Waals surface area (Å²) in [6.45, 7) is 2.70. The monoisotopic (exact) mass is 299 g/mol. The average Bonchev–Trinajstić information content (AvgIpc) is 3.00. The van der Waals surface area contributed by atoms with E-state index in [0.717, 1.165) is 0 Å². The molecular formula is C10H17N7O2S. The van der Waals surface area contributed by atoms with Gasteiger partial charge >= 0.3 is 0 Å². The van der Waals surface area contributed by atoms with Crippen LogP contribution in [0.3, 0.4) is 0 Å². The van der Waals surface area contributed by atoms with E-state index in [2.05, 4.69) is 30.5 Å². The summed E-state index contributed by atoms with van der Waals surface area (Å²) in [4.78, 5) is 0.199. The number of hydrogen-bond donors (Lipinski definition) is 3. The van der Waals surface area contributed by atoms with Crippen LogP contribution in [0.1, 0.15) is 11.4 Å². The van der Waals surface area contributed by atoms with Crippen molar-refractivity contribution in [2.75, 3.05) is 13.6 Å². The molecule has 0 bridgehead atoms. The number of aromatic nitrogens is 5. The van der Waals surface area contributed by atoms with E-state index in [1.54, 1.807) is 31.0 Å². The Kier molecular flexibility index (Phi) is 4.47. The largest absolute Gasteiger partial charge is 0.314 e. The molecule has 9 nitrogen and oxygen atoms in total.